The average molecular weight is 393 g/mol. The van der Waals surface area contributed by atoms with Gasteiger partial charge in [0.05, 0.1) is 5.52 Å². The summed E-state index contributed by atoms with van der Waals surface area (Å²) >= 11 is 0. The summed E-state index contributed by atoms with van der Waals surface area (Å²) < 4.78 is 0. The number of carbonyl (C=O) groups excluding carboxylic acids is 1. The third-order valence-corrected chi connectivity index (χ3v) is 6.03. The highest BCUT2D eigenvalue weighted by Crippen LogP contribution is 2.31. The number of benzene rings is 2. The molecule has 0 spiro atoms. The molecule has 0 aliphatic carbocycles. The number of likely N-dealkylation sites (tertiary alicyclic amines) is 1. The van der Waals surface area contributed by atoms with E-state index in [0.717, 1.165) is 52.7 Å². The van der Waals surface area contributed by atoms with Crippen molar-refractivity contribution in [2.45, 2.75) is 19.3 Å². The molecular formula is C26H23N3O. The smallest absolute Gasteiger partial charge is 0.254 e. The van der Waals surface area contributed by atoms with Crippen LogP contribution >= 0.6 is 0 Å². The fourth-order valence-corrected chi connectivity index (χ4v) is 4.41. The van der Waals surface area contributed by atoms with Gasteiger partial charge in [-0.1, -0.05) is 42.5 Å². The zero-order valence-electron chi connectivity index (χ0n) is 17.0. The SMILES string of the molecule is Cc1cc(-c2cccc3cccnc23)ccc1C(=O)N1CCC(c2cccnc2)C1. The standard InChI is InChI=1S/C26H23N3O/c1-18-15-20(24-8-2-5-19-6-4-13-28-25(19)24)9-10-23(18)26(30)29-14-11-22(17-29)21-7-3-12-27-16-21/h2-10,12-13,15-16,22H,11,14,17H2,1H3. The lowest BCUT2D eigenvalue weighted by molar-refractivity contribution is 0.0790. The molecule has 4 aromatic rings. The quantitative estimate of drug-likeness (QED) is 0.478. The summed E-state index contributed by atoms with van der Waals surface area (Å²) in [7, 11) is 0. The van der Waals surface area contributed by atoms with Crippen LogP contribution in [0, 0.1) is 6.92 Å². The monoisotopic (exact) mass is 393 g/mol. The third kappa shape index (κ3) is 3.35. The van der Waals surface area contributed by atoms with Crippen molar-refractivity contribution in [3.05, 3.63) is 95.9 Å². The predicted octanol–water partition coefficient (Wildman–Crippen LogP) is 5.23. The van der Waals surface area contributed by atoms with E-state index in [0.29, 0.717) is 5.92 Å². The van der Waals surface area contributed by atoms with Gasteiger partial charge in [-0.15, -0.1) is 0 Å². The molecule has 2 aromatic heterocycles. The predicted molar refractivity (Wildman–Crippen MR) is 119 cm³/mol. The van der Waals surface area contributed by atoms with E-state index in [1.54, 1.807) is 6.20 Å². The first-order valence-electron chi connectivity index (χ1n) is 10.3. The first-order chi connectivity index (χ1) is 14.7. The number of para-hydroxylation sites is 1. The minimum absolute atomic E-state index is 0.112. The Labute approximate surface area is 176 Å². The molecule has 1 amide bonds. The first-order valence-corrected chi connectivity index (χ1v) is 10.3. The van der Waals surface area contributed by atoms with Gasteiger partial charge in [-0.2, -0.15) is 0 Å². The summed E-state index contributed by atoms with van der Waals surface area (Å²) in [6, 6.07) is 20.4. The molecule has 2 aromatic carbocycles. The van der Waals surface area contributed by atoms with E-state index in [1.807, 2.05) is 48.5 Å². The Bertz CT molecular complexity index is 1210. The third-order valence-electron chi connectivity index (χ3n) is 6.03. The summed E-state index contributed by atoms with van der Waals surface area (Å²) in [5, 5.41) is 1.12. The van der Waals surface area contributed by atoms with Crippen molar-refractivity contribution in [2.24, 2.45) is 0 Å². The van der Waals surface area contributed by atoms with Crippen LogP contribution in [0.3, 0.4) is 0 Å². The Kier molecular flexibility index (Phi) is 4.75. The van der Waals surface area contributed by atoms with E-state index in [4.69, 9.17) is 0 Å². The van der Waals surface area contributed by atoms with Crippen LogP contribution in [0.4, 0.5) is 0 Å². The van der Waals surface area contributed by atoms with Crippen molar-refractivity contribution in [2.75, 3.05) is 13.1 Å². The van der Waals surface area contributed by atoms with Crippen LogP contribution in [0.5, 0.6) is 0 Å². The number of rotatable bonds is 3. The minimum atomic E-state index is 0.112. The topological polar surface area (TPSA) is 46.1 Å². The molecule has 3 heterocycles. The number of hydrogen-bond acceptors (Lipinski definition) is 3. The van der Waals surface area contributed by atoms with Gasteiger partial charge < -0.3 is 4.90 Å². The molecule has 0 saturated carbocycles. The van der Waals surface area contributed by atoms with Crippen molar-refractivity contribution < 1.29 is 4.79 Å². The second-order valence-electron chi connectivity index (χ2n) is 7.93. The summed E-state index contributed by atoms with van der Waals surface area (Å²) in [6.07, 6.45) is 6.51. The Balaban J connectivity index is 1.40. The molecule has 0 radical (unpaired) electrons. The molecule has 1 aliphatic rings. The number of nitrogens with zero attached hydrogens (tertiary/aromatic N) is 3. The maximum absolute atomic E-state index is 13.2. The van der Waals surface area contributed by atoms with Gasteiger partial charge in [-0.05, 0) is 48.2 Å². The van der Waals surface area contributed by atoms with E-state index >= 15 is 0 Å². The highest BCUT2D eigenvalue weighted by molar-refractivity contribution is 5.98. The number of pyridine rings is 2. The molecule has 0 bridgehead atoms. The Morgan fingerprint density at radius 3 is 2.73 bits per heavy atom. The normalized spacial score (nSPS) is 16.2. The molecule has 0 N–H and O–H groups in total. The van der Waals surface area contributed by atoms with Crippen molar-refractivity contribution in [1.82, 2.24) is 14.9 Å². The lowest BCUT2D eigenvalue weighted by Crippen LogP contribution is -2.29. The molecule has 1 fully saturated rings. The average Bonchev–Trinajstić information content (AvgIpc) is 3.29. The van der Waals surface area contributed by atoms with Crippen molar-refractivity contribution >= 4 is 16.8 Å². The highest BCUT2D eigenvalue weighted by atomic mass is 16.2. The molecule has 30 heavy (non-hydrogen) atoms. The summed E-state index contributed by atoms with van der Waals surface area (Å²) in [6.45, 7) is 3.55. The number of carbonyl (C=O) groups is 1. The Hall–Kier alpha value is -3.53. The van der Waals surface area contributed by atoms with E-state index in [2.05, 4.69) is 46.4 Å². The molecule has 5 rings (SSSR count). The van der Waals surface area contributed by atoms with E-state index in [1.165, 1.54) is 5.56 Å². The highest BCUT2D eigenvalue weighted by Gasteiger charge is 2.28. The molecule has 1 aliphatic heterocycles. The van der Waals surface area contributed by atoms with E-state index < -0.39 is 0 Å². The zero-order valence-corrected chi connectivity index (χ0v) is 17.0. The van der Waals surface area contributed by atoms with Crippen LogP contribution in [0.25, 0.3) is 22.0 Å². The molecule has 1 unspecified atom stereocenters. The number of hydrogen-bond donors (Lipinski definition) is 0. The maximum atomic E-state index is 13.2. The molecule has 148 valence electrons. The fourth-order valence-electron chi connectivity index (χ4n) is 4.41. The van der Waals surface area contributed by atoms with Gasteiger partial charge in [0.2, 0.25) is 0 Å². The van der Waals surface area contributed by atoms with Gasteiger partial charge in [-0.25, -0.2) is 0 Å². The summed E-state index contributed by atoms with van der Waals surface area (Å²) in [5.74, 6) is 0.477. The van der Waals surface area contributed by atoms with Gasteiger partial charge in [0.15, 0.2) is 0 Å². The molecule has 4 nitrogen and oxygen atoms in total. The van der Waals surface area contributed by atoms with Gasteiger partial charge in [0, 0.05) is 54.1 Å². The van der Waals surface area contributed by atoms with Crippen LogP contribution in [0.1, 0.15) is 33.8 Å². The molecule has 4 heteroatoms. The number of aromatic nitrogens is 2. The number of amides is 1. The summed E-state index contributed by atoms with van der Waals surface area (Å²) in [5.41, 5.74) is 6.14. The van der Waals surface area contributed by atoms with Crippen LogP contribution in [0.2, 0.25) is 0 Å². The van der Waals surface area contributed by atoms with Gasteiger partial charge in [0.1, 0.15) is 0 Å². The molecular weight excluding hydrogens is 370 g/mol. The van der Waals surface area contributed by atoms with Crippen LogP contribution in [-0.4, -0.2) is 33.9 Å². The van der Waals surface area contributed by atoms with Crippen molar-refractivity contribution in [1.29, 1.82) is 0 Å². The van der Waals surface area contributed by atoms with E-state index in [9.17, 15) is 4.79 Å². The van der Waals surface area contributed by atoms with Gasteiger partial charge >= 0.3 is 0 Å². The first kappa shape index (κ1) is 18.5. The summed E-state index contributed by atoms with van der Waals surface area (Å²) in [4.78, 5) is 24.0. The fraction of sp³-hybridized carbons (Fsp3) is 0.192. The van der Waals surface area contributed by atoms with Crippen molar-refractivity contribution in [3.8, 4) is 11.1 Å². The lowest BCUT2D eigenvalue weighted by atomic mass is 9.97. The minimum Gasteiger partial charge on any atom is -0.338 e. The van der Waals surface area contributed by atoms with Crippen LogP contribution in [0.15, 0.2) is 79.3 Å². The van der Waals surface area contributed by atoms with Crippen molar-refractivity contribution in [3.63, 3.8) is 0 Å². The second-order valence-corrected chi connectivity index (χ2v) is 7.93. The molecule has 1 atom stereocenters. The maximum Gasteiger partial charge on any atom is 0.254 e. The van der Waals surface area contributed by atoms with Crippen LogP contribution < -0.4 is 0 Å². The van der Waals surface area contributed by atoms with Gasteiger partial charge in [-0.3, -0.25) is 14.8 Å². The molecule has 1 saturated heterocycles. The Morgan fingerprint density at radius 1 is 1.03 bits per heavy atom. The van der Waals surface area contributed by atoms with Crippen LogP contribution in [-0.2, 0) is 0 Å². The largest absolute Gasteiger partial charge is 0.338 e. The van der Waals surface area contributed by atoms with Gasteiger partial charge in [0.25, 0.3) is 5.91 Å². The number of fused-ring (bicyclic) bond motifs is 1. The Morgan fingerprint density at radius 2 is 1.90 bits per heavy atom. The number of aryl methyl sites for hydroxylation is 1. The lowest BCUT2D eigenvalue weighted by Gasteiger charge is -2.18. The second kappa shape index (κ2) is 7.71. The van der Waals surface area contributed by atoms with E-state index in [-0.39, 0.29) is 5.91 Å². The zero-order chi connectivity index (χ0) is 20.5.